The molecular formula is C14H23N3O2. The van der Waals surface area contributed by atoms with E-state index in [1.165, 1.54) is 4.90 Å². The maximum atomic E-state index is 12.2. The Morgan fingerprint density at radius 1 is 1.42 bits per heavy atom. The largest absolute Gasteiger partial charge is 0.316 e. The first-order valence-electron chi connectivity index (χ1n) is 7.48. The van der Waals surface area contributed by atoms with Crippen LogP contribution in [0.4, 0.5) is 0 Å². The lowest BCUT2D eigenvalue weighted by atomic mass is 9.93. The molecule has 3 heterocycles. The maximum absolute atomic E-state index is 12.2. The highest BCUT2D eigenvalue weighted by Crippen LogP contribution is 2.34. The van der Waals surface area contributed by atoms with Gasteiger partial charge in [-0.1, -0.05) is 6.92 Å². The average molecular weight is 265 g/mol. The van der Waals surface area contributed by atoms with Gasteiger partial charge in [0.25, 0.3) is 0 Å². The average Bonchev–Trinajstić information content (AvgIpc) is 3.04. The monoisotopic (exact) mass is 265 g/mol. The van der Waals surface area contributed by atoms with Gasteiger partial charge in [-0.25, -0.2) is 0 Å². The second-order valence-electron chi connectivity index (χ2n) is 6.03. The minimum absolute atomic E-state index is 0.00822. The summed E-state index contributed by atoms with van der Waals surface area (Å²) in [5.74, 6) is 1.40. The molecule has 5 nitrogen and oxygen atoms in total. The van der Waals surface area contributed by atoms with Gasteiger partial charge >= 0.3 is 0 Å². The van der Waals surface area contributed by atoms with Crippen LogP contribution >= 0.6 is 0 Å². The number of nitrogens with zero attached hydrogens (tertiary/aromatic N) is 2. The van der Waals surface area contributed by atoms with Gasteiger partial charge < -0.3 is 5.32 Å². The fraction of sp³-hybridized carbons (Fsp3) is 0.857. The lowest BCUT2D eigenvalue weighted by Gasteiger charge is -2.27. The number of hydrogen-bond acceptors (Lipinski definition) is 4. The molecule has 5 heteroatoms. The predicted molar refractivity (Wildman–Crippen MR) is 71.5 cm³/mol. The van der Waals surface area contributed by atoms with Crippen molar-refractivity contribution in [3.8, 4) is 0 Å². The fourth-order valence-electron chi connectivity index (χ4n) is 4.02. The van der Waals surface area contributed by atoms with E-state index in [4.69, 9.17) is 0 Å². The van der Waals surface area contributed by atoms with E-state index < -0.39 is 0 Å². The molecule has 2 amide bonds. The molecule has 0 saturated carbocycles. The van der Waals surface area contributed by atoms with Crippen LogP contribution in [-0.2, 0) is 9.59 Å². The lowest BCUT2D eigenvalue weighted by molar-refractivity contribution is -0.142. The first-order chi connectivity index (χ1) is 9.20. The smallest absolute Gasteiger partial charge is 0.243 e. The molecule has 3 atom stereocenters. The van der Waals surface area contributed by atoms with Crippen molar-refractivity contribution >= 4 is 11.8 Å². The second kappa shape index (κ2) is 5.21. The van der Waals surface area contributed by atoms with Gasteiger partial charge in [0.2, 0.25) is 11.8 Å². The zero-order valence-corrected chi connectivity index (χ0v) is 11.6. The van der Waals surface area contributed by atoms with Crippen LogP contribution in [0.1, 0.15) is 26.2 Å². The van der Waals surface area contributed by atoms with Crippen LogP contribution < -0.4 is 5.32 Å². The van der Waals surface area contributed by atoms with Crippen molar-refractivity contribution in [2.75, 3.05) is 32.7 Å². The van der Waals surface area contributed by atoms with Gasteiger partial charge in [0.15, 0.2) is 0 Å². The molecular weight excluding hydrogens is 242 g/mol. The third kappa shape index (κ3) is 2.30. The molecule has 0 bridgehead atoms. The highest BCUT2D eigenvalue weighted by atomic mass is 16.2. The van der Waals surface area contributed by atoms with Crippen LogP contribution in [0.2, 0.25) is 0 Å². The van der Waals surface area contributed by atoms with E-state index in [1.54, 1.807) is 0 Å². The summed E-state index contributed by atoms with van der Waals surface area (Å²) in [7, 11) is 0. The molecule has 0 aromatic carbocycles. The molecule has 3 saturated heterocycles. The summed E-state index contributed by atoms with van der Waals surface area (Å²) in [5, 5.41) is 3.45. The minimum Gasteiger partial charge on any atom is -0.316 e. The minimum atomic E-state index is 0.00822. The number of carbonyl (C=O) groups is 2. The molecule has 106 valence electrons. The third-order valence-corrected chi connectivity index (χ3v) is 4.96. The van der Waals surface area contributed by atoms with Gasteiger partial charge in [0.05, 0.1) is 6.54 Å². The predicted octanol–water partition coefficient (Wildman–Crippen LogP) is 0.0652. The highest BCUT2D eigenvalue weighted by molar-refractivity contribution is 5.97. The molecule has 3 aliphatic heterocycles. The van der Waals surface area contributed by atoms with Crippen LogP contribution in [0.25, 0.3) is 0 Å². The Hall–Kier alpha value is -0.940. The summed E-state index contributed by atoms with van der Waals surface area (Å²) in [6, 6.07) is 0.502. The van der Waals surface area contributed by atoms with Crippen LogP contribution in [0, 0.1) is 11.8 Å². The molecule has 0 spiro atoms. The van der Waals surface area contributed by atoms with Crippen molar-refractivity contribution in [3.63, 3.8) is 0 Å². The van der Waals surface area contributed by atoms with Crippen LogP contribution in [0.15, 0.2) is 0 Å². The molecule has 19 heavy (non-hydrogen) atoms. The molecule has 0 aromatic heterocycles. The van der Waals surface area contributed by atoms with Gasteiger partial charge in [0.1, 0.15) is 0 Å². The molecule has 3 rings (SSSR count). The Morgan fingerprint density at radius 2 is 2.26 bits per heavy atom. The number of likely N-dealkylation sites (tertiary alicyclic amines) is 2. The molecule has 0 aromatic rings. The Labute approximate surface area is 114 Å². The number of fused-ring (bicyclic) bond motifs is 1. The quantitative estimate of drug-likeness (QED) is 0.784. The number of carbonyl (C=O) groups excluding carboxylic acids is 2. The van der Waals surface area contributed by atoms with E-state index in [0.717, 1.165) is 32.5 Å². The molecule has 3 aliphatic rings. The normalized spacial score (nSPS) is 35.1. The first-order valence-corrected chi connectivity index (χ1v) is 7.48. The van der Waals surface area contributed by atoms with Crippen molar-refractivity contribution in [3.05, 3.63) is 0 Å². The zero-order valence-electron chi connectivity index (χ0n) is 11.6. The van der Waals surface area contributed by atoms with Crippen molar-refractivity contribution in [1.29, 1.82) is 0 Å². The van der Waals surface area contributed by atoms with E-state index in [9.17, 15) is 9.59 Å². The summed E-state index contributed by atoms with van der Waals surface area (Å²) in [5.41, 5.74) is 0. The summed E-state index contributed by atoms with van der Waals surface area (Å²) in [6.07, 6.45) is 2.46. The number of imide groups is 1. The molecule has 0 radical (unpaired) electrons. The Morgan fingerprint density at radius 3 is 2.95 bits per heavy atom. The Kier molecular flexibility index (Phi) is 3.58. The fourth-order valence-corrected chi connectivity index (χ4v) is 4.02. The second-order valence-corrected chi connectivity index (χ2v) is 6.03. The van der Waals surface area contributed by atoms with Gasteiger partial charge in [0, 0.05) is 25.6 Å². The van der Waals surface area contributed by atoms with Crippen molar-refractivity contribution < 1.29 is 9.59 Å². The van der Waals surface area contributed by atoms with Gasteiger partial charge in [-0.05, 0) is 37.8 Å². The van der Waals surface area contributed by atoms with Gasteiger partial charge in [-0.2, -0.15) is 0 Å². The summed E-state index contributed by atoms with van der Waals surface area (Å²) >= 11 is 0. The number of nitrogens with one attached hydrogen (secondary N) is 1. The van der Waals surface area contributed by atoms with Crippen LogP contribution in [0.5, 0.6) is 0 Å². The molecule has 3 fully saturated rings. The van der Waals surface area contributed by atoms with E-state index in [0.29, 0.717) is 37.4 Å². The topological polar surface area (TPSA) is 52.7 Å². The van der Waals surface area contributed by atoms with Crippen molar-refractivity contribution in [2.45, 2.75) is 32.2 Å². The van der Waals surface area contributed by atoms with E-state index >= 15 is 0 Å². The molecule has 1 N–H and O–H groups in total. The SMILES string of the molecule is CCC1C2CNCC2CN1CC(=O)N1CCCC1=O. The maximum Gasteiger partial charge on any atom is 0.243 e. The van der Waals surface area contributed by atoms with Gasteiger partial charge in [-0.3, -0.25) is 19.4 Å². The number of hydrogen-bond donors (Lipinski definition) is 1. The van der Waals surface area contributed by atoms with E-state index in [2.05, 4.69) is 17.1 Å². The first kappa shape index (κ1) is 13.1. The summed E-state index contributed by atoms with van der Waals surface area (Å²) < 4.78 is 0. The van der Waals surface area contributed by atoms with Crippen LogP contribution in [0.3, 0.4) is 0 Å². The van der Waals surface area contributed by atoms with Crippen molar-refractivity contribution in [2.24, 2.45) is 11.8 Å². The Bertz CT molecular complexity index is 385. The standard InChI is InChI=1S/C14H23N3O2/c1-2-12-11-7-15-6-10(11)8-16(12)9-14(19)17-5-3-4-13(17)18/h10-12,15H,2-9H2,1H3. The van der Waals surface area contributed by atoms with Crippen molar-refractivity contribution in [1.82, 2.24) is 15.1 Å². The molecule has 3 unspecified atom stereocenters. The Balaban J connectivity index is 1.63. The van der Waals surface area contributed by atoms with E-state index in [-0.39, 0.29) is 11.8 Å². The van der Waals surface area contributed by atoms with Gasteiger partial charge in [-0.15, -0.1) is 0 Å². The number of rotatable bonds is 3. The summed E-state index contributed by atoms with van der Waals surface area (Å²) in [4.78, 5) is 27.6. The lowest BCUT2D eigenvalue weighted by Crippen LogP contribution is -2.44. The zero-order chi connectivity index (χ0) is 13.4. The third-order valence-electron chi connectivity index (χ3n) is 4.96. The van der Waals surface area contributed by atoms with Crippen LogP contribution in [-0.4, -0.2) is 60.4 Å². The van der Waals surface area contributed by atoms with E-state index in [1.807, 2.05) is 0 Å². The number of amides is 2. The highest BCUT2D eigenvalue weighted by Gasteiger charge is 2.44. The summed E-state index contributed by atoms with van der Waals surface area (Å²) in [6.45, 7) is 6.41. The molecule has 0 aliphatic carbocycles.